The molecule has 0 spiro atoms. The van der Waals surface area contributed by atoms with Crippen LogP contribution in [0.2, 0.25) is 0 Å². The van der Waals surface area contributed by atoms with Crippen molar-refractivity contribution in [1.29, 1.82) is 0 Å². The molecule has 1 amide bonds. The maximum absolute atomic E-state index is 12.8. The number of carbonyl (C=O) groups is 1. The van der Waals surface area contributed by atoms with Crippen molar-refractivity contribution in [2.75, 3.05) is 43.6 Å². The van der Waals surface area contributed by atoms with Gasteiger partial charge in [-0.2, -0.15) is 0 Å². The second kappa shape index (κ2) is 9.99. The first-order valence-electron chi connectivity index (χ1n) is 10.8. The summed E-state index contributed by atoms with van der Waals surface area (Å²) in [6.07, 6.45) is 3.82. The number of aromatic nitrogens is 1. The number of nitrogens with zero attached hydrogens (tertiary/aromatic N) is 2. The minimum absolute atomic E-state index is 0.233. The zero-order chi connectivity index (χ0) is 22.4. The number of carbonyl (C=O) groups excluding carboxylic acids is 1. The molecule has 1 aromatic carbocycles. The number of piperidine rings is 1. The van der Waals surface area contributed by atoms with Gasteiger partial charge in [0.1, 0.15) is 0 Å². The number of H-pyrrole nitrogens is 1. The van der Waals surface area contributed by atoms with Crippen LogP contribution in [0.4, 0.5) is 17.1 Å². The molecule has 31 heavy (non-hydrogen) atoms. The van der Waals surface area contributed by atoms with Crippen LogP contribution in [0.3, 0.4) is 0 Å². The molecule has 2 aromatic rings. The summed E-state index contributed by atoms with van der Waals surface area (Å²) in [6, 6.07) is 7.80. The van der Waals surface area contributed by atoms with E-state index in [1.54, 1.807) is 19.4 Å². The molecule has 3 rings (SSSR count). The molecule has 1 aliphatic rings. The fourth-order valence-corrected chi connectivity index (χ4v) is 3.87. The van der Waals surface area contributed by atoms with E-state index in [4.69, 9.17) is 11.3 Å². The molecule has 1 aromatic heterocycles. The Hall–Kier alpha value is -2.82. The molecule has 0 unspecified atom stereocenters. The number of methoxy groups -OCH3 is 1. The molecule has 3 N–H and O–H groups in total. The Labute approximate surface area is 185 Å². The number of nitrogens with one attached hydrogen (secondary N) is 3. The highest BCUT2D eigenvalue weighted by molar-refractivity contribution is 6.05. The fraction of sp³-hybridized carbons (Fsp3) is 0.500. The zero-order valence-corrected chi connectivity index (χ0v) is 18.9. The number of aromatic amines is 1. The van der Waals surface area contributed by atoms with Crippen LogP contribution in [0.1, 0.15) is 49.7 Å². The summed E-state index contributed by atoms with van der Waals surface area (Å²) in [6.45, 7) is 17.0. The minimum atomic E-state index is -0.244. The van der Waals surface area contributed by atoms with Gasteiger partial charge < -0.3 is 25.3 Å². The molecule has 0 radical (unpaired) electrons. The molecule has 7 nitrogen and oxygen atoms in total. The zero-order valence-electron chi connectivity index (χ0n) is 18.9. The van der Waals surface area contributed by atoms with Crippen molar-refractivity contribution in [1.82, 2.24) is 10.3 Å². The van der Waals surface area contributed by atoms with Crippen molar-refractivity contribution in [2.45, 2.75) is 39.2 Å². The van der Waals surface area contributed by atoms with Crippen LogP contribution in [0.25, 0.3) is 4.85 Å². The third-order valence-corrected chi connectivity index (χ3v) is 6.01. The highest BCUT2D eigenvalue weighted by atomic mass is 16.5. The van der Waals surface area contributed by atoms with Gasteiger partial charge >= 0.3 is 0 Å². The fourth-order valence-electron chi connectivity index (χ4n) is 3.87. The molecular formula is C24H33N5O2. The van der Waals surface area contributed by atoms with Crippen molar-refractivity contribution in [3.05, 3.63) is 53.1 Å². The van der Waals surface area contributed by atoms with E-state index in [1.165, 1.54) is 0 Å². The van der Waals surface area contributed by atoms with Crippen LogP contribution in [0.15, 0.2) is 30.5 Å². The topological polar surface area (TPSA) is 73.8 Å². The predicted octanol–water partition coefficient (Wildman–Crippen LogP) is 4.53. The summed E-state index contributed by atoms with van der Waals surface area (Å²) >= 11 is 0. The van der Waals surface area contributed by atoms with Crippen molar-refractivity contribution in [2.24, 2.45) is 5.92 Å². The SMILES string of the molecule is [C-]#[N+]c1c[nH]c(C(=O)Nc2ccc(C(C)(C)NCCOC)cc2N2CCC(C)CC2)c1. The standard InChI is InChI=1S/C24H33N5O2/c1-17-8-11-29(12-9-17)22-14-18(24(2,3)27-10-13-31-5)6-7-20(22)28-23(30)21-15-19(25-4)16-26-21/h6-7,14-17,26-27H,8-13H2,1-3,5H3,(H,28,30). The second-order valence-corrected chi connectivity index (χ2v) is 8.78. The summed E-state index contributed by atoms with van der Waals surface area (Å²) in [4.78, 5) is 21.4. The van der Waals surface area contributed by atoms with Crippen LogP contribution in [-0.4, -0.2) is 44.2 Å². The molecule has 2 heterocycles. The Bertz CT molecular complexity index is 936. The van der Waals surface area contributed by atoms with Gasteiger partial charge in [0, 0.05) is 38.5 Å². The van der Waals surface area contributed by atoms with E-state index >= 15 is 0 Å². The van der Waals surface area contributed by atoms with Crippen LogP contribution in [0, 0.1) is 12.5 Å². The first-order chi connectivity index (χ1) is 14.8. The summed E-state index contributed by atoms with van der Waals surface area (Å²) in [5, 5.41) is 6.59. The van der Waals surface area contributed by atoms with Crippen molar-refractivity contribution >= 4 is 23.0 Å². The average Bonchev–Trinajstić information content (AvgIpc) is 3.24. The van der Waals surface area contributed by atoms with E-state index in [2.05, 4.69) is 58.3 Å². The number of hydrogen-bond donors (Lipinski definition) is 3. The number of amides is 1. The van der Waals surface area contributed by atoms with Gasteiger partial charge in [-0.25, -0.2) is 4.85 Å². The Balaban J connectivity index is 1.88. The third-order valence-electron chi connectivity index (χ3n) is 6.01. The highest BCUT2D eigenvalue weighted by Gasteiger charge is 2.25. The van der Waals surface area contributed by atoms with Gasteiger partial charge in [-0.15, -0.1) is 0 Å². The van der Waals surface area contributed by atoms with E-state index in [-0.39, 0.29) is 11.4 Å². The smallest absolute Gasteiger partial charge is 0.270 e. The van der Waals surface area contributed by atoms with E-state index in [1.807, 2.05) is 6.07 Å². The predicted molar refractivity (Wildman–Crippen MR) is 125 cm³/mol. The largest absolute Gasteiger partial charge is 0.383 e. The maximum atomic E-state index is 12.8. The van der Waals surface area contributed by atoms with Crippen LogP contribution >= 0.6 is 0 Å². The van der Waals surface area contributed by atoms with Crippen LogP contribution in [0.5, 0.6) is 0 Å². The summed E-state index contributed by atoms with van der Waals surface area (Å²) in [5.74, 6) is 0.474. The molecule has 166 valence electrons. The van der Waals surface area contributed by atoms with E-state index in [9.17, 15) is 4.79 Å². The minimum Gasteiger partial charge on any atom is -0.383 e. The van der Waals surface area contributed by atoms with Gasteiger partial charge in [-0.05, 0) is 56.4 Å². The first kappa shape index (κ1) is 22.9. The summed E-state index contributed by atoms with van der Waals surface area (Å²) in [5.41, 5.74) is 3.56. The Morgan fingerprint density at radius 1 is 1.32 bits per heavy atom. The molecule has 0 saturated carbocycles. The number of rotatable bonds is 8. The Morgan fingerprint density at radius 2 is 2.06 bits per heavy atom. The number of benzene rings is 1. The Morgan fingerprint density at radius 3 is 2.71 bits per heavy atom. The second-order valence-electron chi connectivity index (χ2n) is 8.78. The van der Waals surface area contributed by atoms with Gasteiger partial charge in [-0.3, -0.25) is 4.79 Å². The van der Waals surface area contributed by atoms with Gasteiger partial charge in [0.15, 0.2) is 0 Å². The average molecular weight is 424 g/mol. The number of hydrogen-bond acceptors (Lipinski definition) is 4. The van der Waals surface area contributed by atoms with Crippen LogP contribution in [-0.2, 0) is 10.3 Å². The summed E-state index contributed by atoms with van der Waals surface area (Å²) < 4.78 is 5.18. The summed E-state index contributed by atoms with van der Waals surface area (Å²) in [7, 11) is 1.70. The van der Waals surface area contributed by atoms with Crippen LogP contribution < -0.4 is 15.5 Å². The molecule has 0 atom stereocenters. The molecular weight excluding hydrogens is 390 g/mol. The quantitative estimate of drug-likeness (QED) is 0.431. The van der Waals surface area contributed by atoms with E-state index < -0.39 is 0 Å². The van der Waals surface area contributed by atoms with Crippen molar-refractivity contribution in [3.63, 3.8) is 0 Å². The molecule has 1 saturated heterocycles. The van der Waals surface area contributed by atoms with Crippen molar-refractivity contribution < 1.29 is 9.53 Å². The van der Waals surface area contributed by atoms with Gasteiger partial charge in [0.2, 0.25) is 5.69 Å². The van der Waals surface area contributed by atoms with E-state index in [0.29, 0.717) is 18.0 Å². The monoisotopic (exact) mass is 423 g/mol. The van der Waals surface area contributed by atoms with E-state index in [0.717, 1.165) is 55.3 Å². The Kier molecular flexibility index (Phi) is 7.37. The molecule has 1 fully saturated rings. The third kappa shape index (κ3) is 5.66. The van der Waals surface area contributed by atoms with Gasteiger partial charge in [-0.1, -0.05) is 13.0 Å². The maximum Gasteiger partial charge on any atom is 0.270 e. The molecule has 1 aliphatic heterocycles. The van der Waals surface area contributed by atoms with Gasteiger partial charge in [0.05, 0.1) is 30.2 Å². The lowest BCUT2D eigenvalue weighted by molar-refractivity contribution is 0.102. The number of anilines is 2. The molecule has 7 heteroatoms. The lowest BCUT2D eigenvalue weighted by Gasteiger charge is -2.35. The lowest BCUT2D eigenvalue weighted by Crippen LogP contribution is -2.39. The molecule has 0 bridgehead atoms. The first-order valence-corrected chi connectivity index (χ1v) is 10.8. The lowest BCUT2D eigenvalue weighted by atomic mass is 9.92. The highest BCUT2D eigenvalue weighted by Crippen LogP contribution is 2.34. The molecule has 0 aliphatic carbocycles. The number of ether oxygens (including phenoxy) is 1. The van der Waals surface area contributed by atoms with Crippen molar-refractivity contribution in [3.8, 4) is 0 Å². The van der Waals surface area contributed by atoms with Gasteiger partial charge in [0.25, 0.3) is 5.91 Å². The normalized spacial score (nSPS) is 15.0.